The molecule has 2 aliphatic rings. The molecule has 1 aromatic heterocycles. The number of nitrogens with two attached hydrogens (primary N) is 1. The molecule has 2 fully saturated rings. The molecule has 186 valence electrons. The Morgan fingerprint density at radius 3 is 2.39 bits per heavy atom. The van der Waals surface area contributed by atoms with Crippen LogP contribution in [0.2, 0.25) is 0 Å². The van der Waals surface area contributed by atoms with Crippen molar-refractivity contribution in [1.82, 2.24) is 4.98 Å². The third-order valence-corrected chi connectivity index (χ3v) is 7.19. The lowest BCUT2D eigenvalue weighted by Gasteiger charge is -2.47. The molecule has 0 saturated carbocycles. The van der Waals surface area contributed by atoms with Crippen LogP contribution in [0.25, 0.3) is 11.1 Å². The number of carbonyl (C=O) groups is 1. The highest BCUT2D eigenvalue weighted by Crippen LogP contribution is 2.40. The summed E-state index contributed by atoms with van der Waals surface area (Å²) in [5.74, 6) is 0.122. The first kappa shape index (κ1) is 24.2. The Kier molecular flexibility index (Phi) is 6.85. The number of hydrogen-bond donors (Lipinski definition) is 2. The molecular formula is C29H33N4O3+. The summed E-state index contributed by atoms with van der Waals surface area (Å²) >= 11 is 0. The Morgan fingerprint density at radius 1 is 1.11 bits per heavy atom. The molecule has 7 nitrogen and oxygen atoms in total. The SMILES string of the molecule is CCOC(=O)c1cc(-c2ccc(N3CCC4(CC3)COC4)cc2)c(C(C)=N)c([NH2+]c2ccccc2)n1. The number of esters is 1. The molecule has 0 atom stereocenters. The number of para-hydroxylation sites is 1. The number of nitrogens with zero attached hydrogens (tertiary/aromatic N) is 2. The molecule has 2 saturated heterocycles. The van der Waals surface area contributed by atoms with E-state index in [1.807, 2.05) is 35.6 Å². The van der Waals surface area contributed by atoms with Gasteiger partial charge in [-0.05, 0) is 62.6 Å². The third kappa shape index (κ3) is 4.90. The van der Waals surface area contributed by atoms with Crippen LogP contribution in [0.5, 0.6) is 0 Å². The quantitative estimate of drug-likeness (QED) is 0.293. The molecule has 3 aromatic rings. The summed E-state index contributed by atoms with van der Waals surface area (Å²) in [5, 5.41) is 10.5. The number of piperidine rings is 1. The van der Waals surface area contributed by atoms with Gasteiger partial charge in [0.2, 0.25) is 5.82 Å². The second-order valence-corrected chi connectivity index (χ2v) is 9.74. The van der Waals surface area contributed by atoms with Crippen molar-refractivity contribution in [3.63, 3.8) is 0 Å². The fourth-order valence-corrected chi connectivity index (χ4v) is 5.08. The Labute approximate surface area is 212 Å². The molecule has 1 spiro atoms. The molecule has 0 amide bonds. The number of carbonyl (C=O) groups excluding carboxylic acids is 1. The predicted molar refractivity (Wildman–Crippen MR) is 141 cm³/mol. The summed E-state index contributed by atoms with van der Waals surface area (Å²) in [6.07, 6.45) is 2.33. The Balaban J connectivity index is 1.49. The molecule has 2 aliphatic heterocycles. The maximum Gasteiger partial charge on any atom is 0.357 e. The van der Waals surface area contributed by atoms with Gasteiger partial charge in [-0.25, -0.2) is 4.79 Å². The van der Waals surface area contributed by atoms with E-state index in [9.17, 15) is 4.79 Å². The van der Waals surface area contributed by atoms with Gasteiger partial charge in [0.15, 0.2) is 5.69 Å². The summed E-state index contributed by atoms with van der Waals surface area (Å²) in [7, 11) is 0. The Hall–Kier alpha value is -3.55. The molecular weight excluding hydrogens is 452 g/mol. The monoisotopic (exact) mass is 485 g/mol. The van der Waals surface area contributed by atoms with Crippen LogP contribution in [0.15, 0.2) is 60.7 Å². The number of anilines is 1. The molecule has 7 heteroatoms. The number of hydrogen-bond acceptors (Lipinski definition) is 6. The maximum absolute atomic E-state index is 12.7. The summed E-state index contributed by atoms with van der Waals surface area (Å²) in [6.45, 7) is 7.69. The summed E-state index contributed by atoms with van der Waals surface area (Å²) < 4.78 is 10.7. The number of rotatable bonds is 7. The largest absolute Gasteiger partial charge is 0.461 e. The van der Waals surface area contributed by atoms with Crippen molar-refractivity contribution in [3.05, 3.63) is 71.9 Å². The van der Waals surface area contributed by atoms with E-state index < -0.39 is 5.97 Å². The molecule has 3 N–H and O–H groups in total. The standard InChI is InChI=1S/C29H32N4O3/c1-3-36-28(34)25-17-24(26(20(2)30)27(32-25)31-22-7-5-4-6-8-22)21-9-11-23(12-10-21)33-15-13-29(14-16-33)18-35-19-29/h4-12,17,30H,3,13-16,18-19H2,1-2H3,(H,31,32)/p+1. The van der Waals surface area contributed by atoms with Crippen LogP contribution < -0.4 is 10.2 Å². The van der Waals surface area contributed by atoms with Crippen LogP contribution in [-0.2, 0) is 9.47 Å². The van der Waals surface area contributed by atoms with E-state index in [1.165, 1.54) is 5.69 Å². The van der Waals surface area contributed by atoms with Crippen molar-refractivity contribution in [2.24, 2.45) is 5.41 Å². The van der Waals surface area contributed by atoms with Gasteiger partial charge in [-0.15, -0.1) is 0 Å². The van der Waals surface area contributed by atoms with Gasteiger partial charge in [0.25, 0.3) is 0 Å². The van der Waals surface area contributed by atoms with Gasteiger partial charge in [0.1, 0.15) is 5.69 Å². The molecule has 3 heterocycles. The number of ether oxygens (including phenoxy) is 2. The average Bonchev–Trinajstić information content (AvgIpc) is 2.88. The predicted octanol–water partition coefficient (Wildman–Crippen LogP) is 4.46. The Bertz CT molecular complexity index is 1240. The van der Waals surface area contributed by atoms with Gasteiger partial charge in [-0.1, -0.05) is 30.3 Å². The maximum atomic E-state index is 12.7. The highest BCUT2D eigenvalue weighted by atomic mass is 16.5. The van der Waals surface area contributed by atoms with E-state index in [1.54, 1.807) is 19.9 Å². The van der Waals surface area contributed by atoms with Crippen molar-refractivity contribution in [1.29, 1.82) is 5.41 Å². The number of pyridine rings is 1. The van der Waals surface area contributed by atoms with Crippen molar-refractivity contribution in [2.45, 2.75) is 26.7 Å². The van der Waals surface area contributed by atoms with Crippen LogP contribution >= 0.6 is 0 Å². The van der Waals surface area contributed by atoms with Gasteiger partial charge < -0.3 is 19.8 Å². The zero-order chi connectivity index (χ0) is 25.1. The summed E-state index contributed by atoms with van der Waals surface area (Å²) in [5.41, 5.74) is 5.64. The second kappa shape index (κ2) is 10.2. The fourth-order valence-electron chi connectivity index (χ4n) is 5.08. The van der Waals surface area contributed by atoms with E-state index in [0.717, 1.165) is 56.0 Å². The molecule has 5 rings (SSSR count). The van der Waals surface area contributed by atoms with Gasteiger partial charge >= 0.3 is 5.97 Å². The van der Waals surface area contributed by atoms with E-state index in [0.29, 0.717) is 22.5 Å². The first-order valence-electron chi connectivity index (χ1n) is 12.6. The summed E-state index contributed by atoms with van der Waals surface area (Å²) in [4.78, 5) is 19.7. The van der Waals surface area contributed by atoms with Gasteiger partial charge in [0, 0.05) is 35.5 Å². The van der Waals surface area contributed by atoms with Crippen molar-refractivity contribution in [2.75, 3.05) is 37.8 Å². The number of benzene rings is 2. The van der Waals surface area contributed by atoms with Crippen LogP contribution in [0, 0.1) is 10.8 Å². The minimum absolute atomic E-state index is 0.243. The summed E-state index contributed by atoms with van der Waals surface area (Å²) in [6, 6.07) is 20.0. The first-order chi connectivity index (χ1) is 17.5. The van der Waals surface area contributed by atoms with E-state index >= 15 is 0 Å². The lowest BCUT2D eigenvalue weighted by atomic mass is 9.77. The van der Waals surface area contributed by atoms with Crippen LogP contribution in [0.1, 0.15) is 42.7 Å². The van der Waals surface area contributed by atoms with E-state index in [-0.39, 0.29) is 12.3 Å². The highest BCUT2D eigenvalue weighted by molar-refractivity contribution is 6.06. The van der Waals surface area contributed by atoms with Crippen LogP contribution in [0.4, 0.5) is 17.2 Å². The topological polar surface area (TPSA) is 92.1 Å². The van der Waals surface area contributed by atoms with E-state index in [2.05, 4.69) is 34.1 Å². The minimum atomic E-state index is -0.463. The fraction of sp³-hybridized carbons (Fsp3) is 0.345. The zero-order valence-electron chi connectivity index (χ0n) is 20.9. The molecule has 0 bridgehead atoms. The molecule has 2 aromatic carbocycles. The van der Waals surface area contributed by atoms with Gasteiger partial charge in [0.05, 0.1) is 25.4 Å². The van der Waals surface area contributed by atoms with E-state index in [4.69, 9.17) is 14.9 Å². The van der Waals surface area contributed by atoms with Gasteiger partial charge in [-0.2, -0.15) is 4.98 Å². The third-order valence-electron chi connectivity index (χ3n) is 7.19. The van der Waals surface area contributed by atoms with Crippen molar-refractivity contribution >= 4 is 28.9 Å². The lowest BCUT2D eigenvalue weighted by molar-refractivity contribution is -0.483. The molecule has 0 aliphatic carbocycles. The molecule has 0 unspecified atom stereocenters. The highest BCUT2D eigenvalue weighted by Gasteiger charge is 2.41. The molecule has 0 radical (unpaired) electrons. The number of quaternary nitrogens is 1. The zero-order valence-corrected chi connectivity index (χ0v) is 20.9. The minimum Gasteiger partial charge on any atom is -0.461 e. The Morgan fingerprint density at radius 2 is 1.81 bits per heavy atom. The van der Waals surface area contributed by atoms with Gasteiger partial charge in [-0.3, -0.25) is 5.32 Å². The van der Waals surface area contributed by atoms with Crippen molar-refractivity contribution < 1.29 is 19.6 Å². The number of nitrogens with one attached hydrogen (secondary N) is 1. The average molecular weight is 486 g/mol. The smallest absolute Gasteiger partial charge is 0.357 e. The molecule has 36 heavy (non-hydrogen) atoms. The lowest BCUT2D eigenvalue weighted by Crippen LogP contribution is -2.72. The van der Waals surface area contributed by atoms with Crippen LogP contribution in [-0.4, -0.2) is 49.6 Å². The van der Waals surface area contributed by atoms with Crippen molar-refractivity contribution in [3.8, 4) is 11.1 Å². The second-order valence-electron chi connectivity index (χ2n) is 9.74. The normalized spacial score (nSPS) is 16.4. The number of aromatic nitrogens is 1. The first-order valence-corrected chi connectivity index (χ1v) is 12.6. The van der Waals surface area contributed by atoms with Crippen LogP contribution in [0.3, 0.4) is 0 Å².